The van der Waals surface area contributed by atoms with Crippen LogP contribution in [0.25, 0.3) is 0 Å². The van der Waals surface area contributed by atoms with Crippen molar-refractivity contribution in [2.75, 3.05) is 19.8 Å². The number of carbonyl (C=O) groups excluding carboxylic acids is 4. The van der Waals surface area contributed by atoms with E-state index in [9.17, 15) is 28.8 Å². The summed E-state index contributed by atoms with van der Waals surface area (Å²) in [6.07, 6.45) is -0.316. The number of rotatable bonds is 15. The highest BCUT2D eigenvalue weighted by molar-refractivity contribution is 5.84. The maximum atomic E-state index is 11.7. The number of carboxylic acids is 2. The molecule has 0 aliphatic rings. The second-order valence-corrected chi connectivity index (χ2v) is 6.18. The standard InChI is InChI=1S/C17H27N3O10/c1-10(20-13(22)3-2-4-14(23)24)17(28)30-8-7-29-15(25)9-19-12(21)6-5-11(18)16(26)27/h10-11H,2-9,18H2,1H3,(H,19,21)(H,20,22)(H,23,24)(H,26,27)/t10-,11-/m0/s1. The fourth-order valence-electron chi connectivity index (χ4n) is 1.92. The first kappa shape index (κ1) is 26.8. The van der Waals surface area contributed by atoms with Crippen LogP contribution in [0.1, 0.15) is 39.0 Å². The molecule has 0 aliphatic carbocycles. The molecule has 6 N–H and O–H groups in total. The molecule has 0 fully saturated rings. The first-order valence-electron chi connectivity index (χ1n) is 9.11. The highest BCUT2D eigenvalue weighted by Crippen LogP contribution is 1.97. The van der Waals surface area contributed by atoms with Crippen molar-refractivity contribution < 1.29 is 48.5 Å². The smallest absolute Gasteiger partial charge is 0.328 e. The number of carboxylic acid groups (broad SMARTS) is 2. The number of aliphatic carboxylic acids is 2. The van der Waals surface area contributed by atoms with E-state index < -0.39 is 54.3 Å². The molecule has 0 aliphatic heterocycles. The van der Waals surface area contributed by atoms with E-state index in [1.807, 2.05) is 0 Å². The highest BCUT2D eigenvalue weighted by atomic mass is 16.6. The Morgan fingerprint density at radius 3 is 2.17 bits per heavy atom. The van der Waals surface area contributed by atoms with Gasteiger partial charge in [-0.2, -0.15) is 0 Å². The second-order valence-electron chi connectivity index (χ2n) is 6.18. The highest BCUT2D eigenvalue weighted by Gasteiger charge is 2.17. The lowest BCUT2D eigenvalue weighted by Gasteiger charge is -2.13. The third kappa shape index (κ3) is 13.9. The Kier molecular flexibility index (Phi) is 13.2. The molecule has 0 saturated carbocycles. The number of hydrogen-bond donors (Lipinski definition) is 5. The fourth-order valence-corrected chi connectivity index (χ4v) is 1.92. The molecule has 0 heterocycles. The Balaban J connectivity index is 3.88. The molecule has 0 aromatic carbocycles. The molecular weight excluding hydrogens is 406 g/mol. The lowest BCUT2D eigenvalue weighted by Crippen LogP contribution is -2.40. The summed E-state index contributed by atoms with van der Waals surface area (Å²) in [5, 5.41) is 21.7. The fraction of sp³-hybridized carbons (Fsp3) is 0.647. The van der Waals surface area contributed by atoms with E-state index >= 15 is 0 Å². The van der Waals surface area contributed by atoms with Gasteiger partial charge in [0, 0.05) is 19.3 Å². The molecule has 0 aromatic heterocycles. The van der Waals surface area contributed by atoms with Gasteiger partial charge in [0.1, 0.15) is 31.8 Å². The predicted octanol–water partition coefficient (Wildman–Crippen LogP) is -1.86. The maximum Gasteiger partial charge on any atom is 0.328 e. The summed E-state index contributed by atoms with van der Waals surface area (Å²) in [6, 6.07) is -2.14. The lowest BCUT2D eigenvalue weighted by molar-refractivity contribution is -0.153. The maximum absolute atomic E-state index is 11.7. The molecule has 2 amide bonds. The molecule has 0 rings (SSSR count). The molecule has 0 radical (unpaired) electrons. The first-order valence-corrected chi connectivity index (χ1v) is 9.11. The van der Waals surface area contributed by atoms with Gasteiger partial charge in [-0.3, -0.25) is 24.0 Å². The molecule has 2 atom stereocenters. The van der Waals surface area contributed by atoms with Crippen LogP contribution >= 0.6 is 0 Å². The van der Waals surface area contributed by atoms with Gasteiger partial charge in [-0.05, 0) is 19.8 Å². The largest absolute Gasteiger partial charge is 0.481 e. The van der Waals surface area contributed by atoms with Crippen molar-refractivity contribution in [3.05, 3.63) is 0 Å². The topological polar surface area (TPSA) is 211 Å². The molecule has 30 heavy (non-hydrogen) atoms. The van der Waals surface area contributed by atoms with Gasteiger partial charge >= 0.3 is 23.9 Å². The van der Waals surface area contributed by atoms with Crippen molar-refractivity contribution >= 4 is 35.7 Å². The van der Waals surface area contributed by atoms with Crippen molar-refractivity contribution in [2.24, 2.45) is 5.73 Å². The number of nitrogens with two attached hydrogens (primary N) is 1. The molecule has 0 unspecified atom stereocenters. The van der Waals surface area contributed by atoms with Crippen molar-refractivity contribution in [2.45, 2.75) is 51.1 Å². The quantitative estimate of drug-likeness (QED) is 0.143. The van der Waals surface area contributed by atoms with Gasteiger partial charge in [0.15, 0.2) is 0 Å². The van der Waals surface area contributed by atoms with E-state index in [1.165, 1.54) is 6.92 Å². The van der Waals surface area contributed by atoms with Crippen molar-refractivity contribution in [3.63, 3.8) is 0 Å². The zero-order valence-electron chi connectivity index (χ0n) is 16.5. The number of nitrogens with one attached hydrogen (secondary N) is 2. The molecule has 13 nitrogen and oxygen atoms in total. The molecule has 0 saturated heterocycles. The average Bonchev–Trinajstić information content (AvgIpc) is 2.66. The normalized spacial score (nSPS) is 12.2. The van der Waals surface area contributed by atoms with Gasteiger partial charge < -0.3 is 36.1 Å². The van der Waals surface area contributed by atoms with Gasteiger partial charge in [-0.1, -0.05) is 0 Å². The van der Waals surface area contributed by atoms with E-state index in [1.54, 1.807) is 0 Å². The average molecular weight is 433 g/mol. The molecule has 0 spiro atoms. The van der Waals surface area contributed by atoms with Crippen LogP contribution in [0.5, 0.6) is 0 Å². The van der Waals surface area contributed by atoms with Gasteiger partial charge in [0.2, 0.25) is 11.8 Å². The Labute approximate surface area is 172 Å². The van der Waals surface area contributed by atoms with Crippen molar-refractivity contribution in [1.29, 1.82) is 0 Å². The summed E-state index contributed by atoms with van der Waals surface area (Å²) >= 11 is 0. The summed E-state index contributed by atoms with van der Waals surface area (Å²) in [4.78, 5) is 67.1. The predicted molar refractivity (Wildman–Crippen MR) is 98.9 cm³/mol. The molecule has 13 heteroatoms. The van der Waals surface area contributed by atoms with Crippen LogP contribution < -0.4 is 16.4 Å². The van der Waals surface area contributed by atoms with E-state index in [0.717, 1.165) is 0 Å². The molecule has 0 aromatic rings. The number of carbonyl (C=O) groups is 6. The zero-order valence-corrected chi connectivity index (χ0v) is 16.5. The minimum absolute atomic E-state index is 0.0461. The minimum Gasteiger partial charge on any atom is -0.481 e. The van der Waals surface area contributed by atoms with Crippen molar-refractivity contribution in [3.8, 4) is 0 Å². The number of esters is 2. The van der Waals surface area contributed by atoms with Gasteiger partial charge in [-0.15, -0.1) is 0 Å². The van der Waals surface area contributed by atoms with Crippen LogP contribution in [-0.2, 0) is 38.2 Å². The SMILES string of the molecule is C[C@H](NC(=O)CCCC(=O)O)C(=O)OCCOC(=O)CNC(=O)CC[C@H](N)C(=O)O. The van der Waals surface area contributed by atoms with Crippen LogP contribution in [0.3, 0.4) is 0 Å². The number of amides is 2. The Morgan fingerprint density at radius 2 is 1.57 bits per heavy atom. The Bertz CT molecular complexity index is 637. The summed E-state index contributed by atoms with van der Waals surface area (Å²) in [6.45, 7) is 0.391. The van der Waals surface area contributed by atoms with Gasteiger partial charge in [0.05, 0.1) is 0 Å². The first-order chi connectivity index (χ1) is 14.0. The van der Waals surface area contributed by atoms with Crippen molar-refractivity contribution in [1.82, 2.24) is 10.6 Å². The minimum atomic E-state index is -1.23. The van der Waals surface area contributed by atoms with E-state index in [-0.39, 0.29) is 45.3 Å². The molecule has 170 valence electrons. The third-order valence-electron chi connectivity index (χ3n) is 3.55. The van der Waals surface area contributed by atoms with Crippen LogP contribution in [0.15, 0.2) is 0 Å². The third-order valence-corrected chi connectivity index (χ3v) is 3.55. The van der Waals surface area contributed by atoms with Gasteiger partial charge in [-0.25, -0.2) is 4.79 Å². The van der Waals surface area contributed by atoms with E-state index in [4.69, 9.17) is 25.4 Å². The number of hydrogen-bond acceptors (Lipinski definition) is 9. The second kappa shape index (κ2) is 14.7. The van der Waals surface area contributed by atoms with E-state index in [0.29, 0.717) is 0 Å². The van der Waals surface area contributed by atoms with Gasteiger partial charge in [0.25, 0.3) is 0 Å². The molecular formula is C17H27N3O10. The Morgan fingerprint density at radius 1 is 0.933 bits per heavy atom. The summed E-state index contributed by atoms with van der Waals surface area (Å²) in [7, 11) is 0. The summed E-state index contributed by atoms with van der Waals surface area (Å²) < 4.78 is 9.58. The molecule has 0 bridgehead atoms. The summed E-state index contributed by atoms with van der Waals surface area (Å²) in [5.41, 5.74) is 5.25. The zero-order chi connectivity index (χ0) is 23.1. The monoisotopic (exact) mass is 433 g/mol. The van der Waals surface area contributed by atoms with Crippen LogP contribution in [0.4, 0.5) is 0 Å². The van der Waals surface area contributed by atoms with Crippen LogP contribution in [-0.4, -0.2) is 77.7 Å². The van der Waals surface area contributed by atoms with E-state index in [2.05, 4.69) is 10.6 Å². The number of ether oxygens (including phenoxy) is 2. The lowest BCUT2D eigenvalue weighted by atomic mass is 10.1. The summed E-state index contributed by atoms with van der Waals surface area (Å²) in [5.74, 6) is -4.87. The Hall–Kier alpha value is -3.22. The van der Waals surface area contributed by atoms with Crippen LogP contribution in [0.2, 0.25) is 0 Å². The van der Waals surface area contributed by atoms with Crippen LogP contribution in [0, 0.1) is 0 Å².